The van der Waals surface area contributed by atoms with E-state index >= 15 is 0 Å². The molecular formula is C20H23N3O2S. The molecule has 136 valence electrons. The van der Waals surface area contributed by atoms with Crippen molar-refractivity contribution in [2.24, 2.45) is 0 Å². The Morgan fingerprint density at radius 3 is 1.88 bits per heavy atom. The Kier molecular flexibility index (Phi) is 6.10. The quantitative estimate of drug-likeness (QED) is 0.722. The Balaban J connectivity index is 1.94. The summed E-state index contributed by atoms with van der Waals surface area (Å²) in [6.45, 7) is 7.74. The third kappa shape index (κ3) is 5.97. The van der Waals surface area contributed by atoms with E-state index in [9.17, 15) is 9.59 Å². The molecule has 0 aliphatic heterocycles. The van der Waals surface area contributed by atoms with Crippen molar-refractivity contribution in [2.75, 3.05) is 5.32 Å². The van der Waals surface area contributed by atoms with Gasteiger partial charge < -0.3 is 10.6 Å². The molecule has 0 atom stereocenters. The number of nitrogens with one attached hydrogen (secondary N) is 3. The Morgan fingerprint density at radius 1 is 0.846 bits per heavy atom. The van der Waals surface area contributed by atoms with Gasteiger partial charge in [-0.1, -0.05) is 17.7 Å². The van der Waals surface area contributed by atoms with Crippen molar-refractivity contribution in [1.82, 2.24) is 10.6 Å². The highest BCUT2D eigenvalue weighted by molar-refractivity contribution is 7.80. The molecule has 6 heteroatoms. The van der Waals surface area contributed by atoms with E-state index in [1.54, 1.807) is 36.4 Å². The van der Waals surface area contributed by atoms with Crippen molar-refractivity contribution in [2.45, 2.75) is 33.2 Å². The molecule has 26 heavy (non-hydrogen) atoms. The summed E-state index contributed by atoms with van der Waals surface area (Å²) in [5.74, 6) is -0.414. The molecule has 0 aliphatic rings. The number of hydrogen-bond donors (Lipinski definition) is 3. The highest BCUT2D eigenvalue weighted by atomic mass is 32.1. The van der Waals surface area contributed by atoms with Crippen LogP contribution in [0, 0.1) is 6.92 Å². The molecule has 0 saturated carbocycles. The van der Waals surface area contributed by atoms with E-state index in [1.807, 2.05) is 39.8 Å². The summed E-state index contributed by atoms with van der Waals surface area (Å²) in [5.41, 5.74) is 2.56. The van der Waals surface area contributed by atoms with E-state index in [0.29, 0.717) is 16.8 Å². The van der Waals surface area contributed by atoms with Gasteiger partial charge >= 0.3 is 0 Å². The van der Waals surface area contributed by atoms with E-state index in [4.69, 9.17) is 12.2 Å². The minimum atomic E-state index is -0.296. The second kappa shape index (κ2) is 8.10. The topological polar surface area (TPSA) is 70.2 Å². The third-order valence-corrected chi connectivity index (χ3v) is 3.64. The van der Waals surface area contributed by atoms with Gasteiger partial charge in [0.05, 0.1) is 0 Å². The van der Waals surface area contributed by atoms with E-state index in [2.05, 4.69) is 16.0 Å². The normalized spacial score (nSPS) is 10.8. The summed E-state index contributed by atoms with van der Waals surface area (Å²) in [6, 6.07) is 14.1. The summed E-state index contributed by atoms with van der Waals surface area (Å²) in [6.07, 6.45) is 0. The van der Waals surface area contributed by atoms with E-state index in [1.165, 1.54) is 0 Å². The highest BCUT2D eigenvalue weighted by Crippen LogP contribution is 2.11. The van der Waals surface area contributed by atoms with Gasteiger partial charge in [-0.15, -0.1) is 0 Å². The third-order valence-electron chi connectivity index (χ3n) is 3.43. The molecule has 0 heterocycles. The Morgan fingerprint density at radius 2 is 1.35 bits per heavy atom. The van der Waals surface area contributed by atoms with Crippen LogP contribution in [0.3, 0.4) is 0 Å². The molecule has 2 aromatic rings. The molecule has 3 N–H and O–H groups in total. The lowest BCUT2D eigenvalue weighted by atomic mass is 10.1. The second-order valence-electron chi connectivity index (χ2n) is 7.06. The van der Waals surface area contributed by atoms with Gasteiger partial charge in [0.2, 0.25) is 0 Å². The molecule has 0 spiro atoms. The zero-order valence-corrected chi connectivity index (χ0v) is 16.2. The fourth-order valence-electron chi connectivity index (χ4n) is 2.16. The monoisotopic (exact) mass is 369 g/mol. The Hall–Kier alpha value is -2.73. The van der Waals surface area contributed by atoms with Crippen LogP contribution in [0.5, 0.6) is 0 Å². The van der Waals surface area contributed by atoms with Crippen molar-refractivity contribution in [3.8, 4) is 0 Å². The fourth-order valence-corrected chi connectivity index (χ4v) is 2.37. The number of rotatable bonds is 3. The van der Waals surface area contributed by atoms with Crippen LogP contribution in [-0.2, 0) is 0 Å². The smallest absolute Gasteiger partial charge is 0.257 e. The van der Waals surface area contributed by atoms with Gasteiger partial charge in [0.1, 0.15) is 0 Å². The molecule has 0 aromatic heterocycles. The molecule has 0 fully saturated rings. The average Bonchev–Trinajstić information content (AvgIpc) is 2.54. The van der Waals surface area contributed by atoms with Gasteiger partial charge in [-0.2, -0.15) is 0 Å². The number of carbonyl (C=O) groups excluding carboxylic acids is 2. The Bertz CT molecular complexity index is 806. The van der Waals surface area contributed by atoms with Crippen molar-refractivity contribution in [1.29, 1.82) is 0 Å². The maximum absolute atomic E-state index is 12.1. The van der Waals surface area contributed by atoms with E-state index < -0.39 is 0 Å². The van der Waals surface area contributed by atoms with Crippen LogP contribution in [0.15, 0.2) is 48.5 Å². The maximum Gasteiger partial charge on any atom is 0.257 e. The zero-order valence-electron chi connectivity index (χ0n) is 15.3. The summed E-state index contributed by atoms with van der Waals surface area (Å²) < 4.78 is 0. The first-order valence-electron chi connectivity index (χ1n) is 8.26. The Labute approximate surface area is 159 Å². The number of thiocarbonyl (C=S) groups is 1. The van der Waals surface area contributed by atoms with E-state index in [0.717, 1.165) is 5.56 Å². The fraction of sp³-hybridized carbons (Fsp3) is 0.250. The molecule has 0 saturated heterocycles. The average molecular weight is 369 g/mol. The van der Waals surface area contributed by atoms with E-state index in [-0.39, 0.29) is 22.5 Å². The largest absolute Gasteiger partial charge is 0.347 e. The maximum atomic E-state index is 12.1. The summed E-state index contributed by atoms with van der Waals surface area (Å²) in [7, 11) is 0. The van der Waals surface area contributed by atoms with Gasteiger partial charge in [0.25, 0.3) is 11.8 Å². The number of carbonyl (C=O) groups is 2. The molecule has 2 aromatic carbocycles. The number of benzene rings is 2. The molecule has 5 nitrogen and oxygen atoms in total. The zero-order chi connectivity index (χ0) is 19.3. The lowest BCUT2D eigenvalue weighted by Crippen LogP contribution is -2.40. The first-order valence-corrected chi connectivity index (χ1v) is 8.66. The molecule has 2 amide bonds. The molecule has 0 unspecified atom stereocenters. The summed E-state index contributed by atoms with van der Waals surface area (Å²) in [4.78, 5) is 24.2. The predicted molar refractivity (Wildman–Crippen MR) is 109 cm³/mol. The van der Waals surface area contributed by atoms with Gasteiger partial charge in [0.15, 0.2) is 5.11 Å². The number of hydrogen-bond acceptors (Lipinski definition) is 3. The standard InChI is InChI=1S/C20H23N3O2S/c1-13-5-7-14(8-6-13)17(24)22-19(26)21-16-11-9-15(10-12-16)18(25)23-20(2,3)4/h5-12H,1-4H3,(H,23,25)(H2,21,22,24,26). The molecule has 0 radical (unpaired) electrons. The number of amides is 2. The van der Waals surface area contributed by atoms with Crippen LogP contribution >= 0.6 is 12.2 Å². The summed E-state index contributed by atoms with van der Waals surface area (Å²) in [5, 5.41) is 8.67. The summed E-state index contributed by atoms with van der Waals surface area (Å²) >= 11 is 5.17. The van der Waals surface area contributed by atoms with Crippen LogP contribution in [0.4, 0.5) is 5.69 Å². The minimum absolute atomic E-state index is 0.140. The molecule has 0 aliphatic carbocycles. The van der Waals surface area contributed by atoms with Crippen LogP contribution < -0.4 is 16.0 Å². The lowest BCUT2D eigenvalue weighted by molar-refractivity contribution is 0.0918. The second-order valence-corrected chi connectivity index (χ2v) is 7.46. The lowest BCUT2D eigenvalue weighted by Gasteiger charge is -2.20. The first-order chi connectivity index (χ1) is 12.1. The van der Waals surface area contributed by atoms with Crippen molar-refractivity contribution < 1.29 is 9.59 Å². The SMILES string of the molecule is Cc1ccc(C(=O)NC(=S)Nc2ccc(C(=O)NC(C)(C)C)cc2)cc1. The molecular weight excluding hydrogens is 346 g/mol. The molecule has 0 bridgehead atoms. The van der Waals surface area contributed by atoms with Crippen LogP contribution in [0.2, 0.25) is 0 Å². The van der Waals surface area contributed by atoms with Gasteiger partial charge in [-0.05, 0) is 76.3 Å². The highest BCUT2D eigenvalue weighted by Gasteiger charge is 2.15. The van der Waals surface area contributed by atoms with Gasteiger partial charge in [0, 0.05) is 22.4 Å². The first kappa shape index (κ1) is 19.6. The number of anilines is 1. The van der Waals surface area contributed by atoms with Crippen LogP contribution in [-0.4, -0.2) is 22.5 Å². The van der Waals surface area contributed by atoms with Crippen LogP contribution in [0.1, 0.15) is 47.1 Å². The number of aryl methyl sites for hydroxylation is 1. The minimum Gasteiger partial charge on any atom is -0.347 e. The van der Waals surface area contributed by atoms with Crippen molar-refractivity contribution >= 4 is 34.8 Å². The van der Waals surface area contributed by atoms with Crippen LogP contribution in [0.25, 0.3) is 0 Å². The van der Waals surface area contributed by atoms with Crippen molar-refractivity contribution in [3.63, 3.8) is 0 Å². The van der Waals surface area contributed by atoms with Gasteiger partial charge in [-0.3, -0.25) is 14.9 Å². The predicted octanol–water partition coefficient (Wildman–Crippen LogP) is 3.65. The van der Waals surface area contributed by atoms with Gasteiger partial charge in [-0.25, -0.2) is 0 Å². The molecule has 2 rings (SSSR count). The van der Waals surface area contributed by atoms with Crippen molar-refractivity contribution in [3.05, 3.63) is 65.2 Å².